The van der Waals surface area contributed by atoms with Crippen LogP contribution in [0.15, 0.2) is 18.2 Å². The zero-order valence-electron chi connectivity index (χ0n) is 9.63. The van der Waals surface area contributed by atoms with Crippen LogP contribution in [-0.4, -0.2) is 16.3 Å². The highest BCUT2D eigenvalue weighted by Gasteiger charge is 2.37. The maximum absolute atomic E-state index is 13.4. The summed E-state index contributed by atoms with van der Waals surface area (Å²) in [7, 11) is 0. The summed E-state index contributed by atoms with van der Waals surface area (Å²) in [6.45, 7) is 1.87. The maximum Gasteiger partial charge on any atom is 0.153 e. The molecule has 92 valence electrons. The minimum Gasteiger partial charge on any atom is -0.298 e. The van der Waals surface area contributed by atoms with Crippen molar-refractivity contribution in [2.45, 2.75) is 30.9 Å². The SMILES string of the molecule is CC1(C(=O)Cc2c(F)cccc2F)CCCS1. The van der Waals surface area contributed by atoms with Gasteiger partial charge in [0, 0.05) is 12.0 Å². The summed E-state index contributed by atoms with van der Waals surface area (Å²) in [5, 5.41) is 0. The summed E-state index contributed by atoms with van der Waals surface area (Å²) in [5.41, 5.74) is -0.105. The maximum atomic E-state index is 13.4. The Labute approximate surface area is 104 Å². The van der Waals surface area contributed by atoms with Gasteiger partial charge in [-0.15, -0.1) is 11.8 Å². The van der Waals surface area contributed by atoms with Crippen LogP contribution < -0.4 is 0 Å². The van der Waals surface area contributed by atoms with Crippen molar-refractivity contribution in [1.82, 2.24) is 0 Å². The molecule has 1 unspecified atom stereocenters. The summed E-state index contributed by atoms with van der Waals surface area (Å²) < 4.78 is 26.4. The lowest BCUT2D eigenvalue weighted by Gasteiger charge is -2.21. The van der Waals surface area contributed by atoms with Crippen molar-refractivity contribution in [3.05, 3.63) is 35.4 Å². The molecule has 17 heavy (non-hydrogen) atoms. The van der Waals surface area contributed by atoms with Crippen LogP contribution in [0.2, 0.25) is 0 Å². The second-order valence-electron chi connectivity index (χ2n) is 4.48. The van der Waals surface area contributed by atoms with Gasteiger partial charge in [-0.1, -0.05) is 6.07 Å². The summed E-state index contributed by atoms with van der Waals surface area (Å²) in [5.74, 6) is -0.402. The fraction of sp³-hybridized carbons (Fsp3) is 0.462. The third-order valence-corrected chi connectivity index (χ3v) is 4.77. The number of hydrogen-bond donors (Lipinski definition) is 0. The molecule has 0 amide bonds. The van der Waals surface area contributed by atoms with E-state index in [0.717, 1.165) is 18.6 Å². The van der Waals surface area contributed by atoms with E-state index in [-0.39, 0.29) is 17.8 Å². The average Bonchev–Trinajstić information content (AvgIpc) is 2.72. The summed E-state index contributed by atoms with van der Waals surface area (Å²) in [6, 6.07) is 3.69. The van der Waals surface area contributed by atoms with Gasteiger partial charge in [-0.2, -0.15) is 0 Å². The van der Waals surface area contributed by atoms with E-state index in [1.807, 2.05) is 6.92 Å². The van der Waals surface area contributed by atoms with Crippen LogP contribution in [0.3, 0.4) is 0 Å². The molecule has 1 nitrogen and oxygen atoms in total. The molecule has 1 saturated heterocycles. The monoisotopic (exact) mass is 256 g/mol. The lowest BCUT2D eigenvalue weighted by atomic mass is 9.94. The van der Waals surface area contributed by atoms with E-state index >= 15 is 0 Å². The first-order valence-electron chi connectivity index (χ1n) is 5.63. The lowest BCUT2D eigenvalue weighted by molar-refractivity contribution is -0.120. The van der Waals surface area contributed by atoms with Crippen molar-refractivity contribution in [1.29, 1.82) is 0 Å². The number of Topliss-reactive ketones (excluding diaryl/α,β-unsaturated/α-hetero) is 1. The zero-order valence-corrected chi connectivity index (χ0v) is 10.4. The third kappa shape index (κ3) is 2.51. The van der Waals surface area contributed by atoms with Crippen LogP contribution in [0.5, 0.6) is 0 Å². The van der Waals surface area contributed by atoms with Crippen LogP contribution in [-0.2, 0) is 11.2 Å². The van der Waals surface area contributed by atoms with Gasteiger partial charge in [0.25, 0.3) is 0 Å². The van der Waals surface area contributed by atoms with Crippen molar-refractivity contribution in [3.8, 4) is 0 Å². The standard InChI is InChI=1S/C13H14F2OS/c1-13(6-3-7-17-13)12(16)8-9-10(14)4-2-5-11(9)15/h2,4-5H,3,6-8H2,1H3. The smallest absolute Gasteiger partial charge is 0.153 e. The Balaban J connectivity index is 2.18. The number of carbonyl (C=O) groups excluding carboxylic acids is 1. The minimum atomic E-state index is -0.634. The topological polar surface area (TPSA) is 17.1 Å². The number of thioether (sulfide) groups is 1. The Morgan fingerprint density at radius 3 is 2.59 bits per heavy atom. The van der Waals surface area contributed by atoms with Gasteiger partial charge in [0.1, 0.15) is 11.6 Å². The highest BCUT2D eigenvalue weighted by Crippen LogP contribution is 2.39. The molecule has 1 aromatic carbocycles. The Bertz CT molecular complexity index is 419. The average molecular weight is 256 g/mol. The van der Waals surface area contributed by atoms with Gasteiger partial charge in [0.15, 0.2) is 5.78 Å². The van der Waals surface area contributed by atoms with Crippen LogP contribution in [0.4, 0.5) is 8.78 Å². The first kappa shape index (κ1) is 12.6. The molecule has 0 bridgehead atoms. The van der Waals surface area contributed by atoms with Crippen molar-refractivity contribution < 1.29 is 13.6 Å². The van der Waals surface area contributed by atoms with Gasteiger partial charge in [-0.05, 0) is 37.7 Å². The Morgan fingerprint density at radius 2 is 2.06 bits per heavy atom. The summed E-state index contributed by atoms with van der Waals surface area (Å²) in [4.78, 5) is 12.1. The number of ketones is 1. The molecule has 0 aromatic heterocycles. The van der Waals surface area contributed by atoms with E-state index in [1.54, 1.807) is 11.8 Å². The highest BCUT2D eigenvalue weighted by atomic mass is 32.2. The molecule has 1 atom stereocenters. The van der Waals surface area contributed by atoms with Gasteiger partial charge in [0.05, 0.1) is 4.75 Å². The molecule has 0 spiro atoms. The highest BCUT2D eigenvalue weighted by molar-refractivity contribution is 8.01. The quantitative estimate of drug-likeness (QED) is 0.825. The molecule has 1 aliphatic heterocycles. The predicted molar refractivity (Wildman–Crippen MR) is 65.2 cm³/mol. The van der Waals surface area contributed by atoms with Gasteiger partial charge < -0.3 is 0 Å². The van der Waals surface area contributed by atoms with E-state index in [9.17, 15) is 13.6 Å². The van der Waals surface area contributed by atoms with Crippen molar-refractivity contribution >= 4 is 17.5 Å². The van der Waals surface area contributed by atoms with E-state index in [4.69, 9.17) is 0 Å². The van der Waals surface area contributed by atoms with Gasteiger partial charge in [-0.3, -0.25) is 4.79 Å². The molecule has 0 radical (unpaired) electrons. The zero-order chi connectivity index (χ0) is 12.5. The predicted octanol–water partition coefficient (Wildman–Crippen LogP) is 3.36. The fourth-order valence-corrected chi connectivity index (χ4v) is 3.31. The summed E-state index contributed by atoms with van der Waals surface area (Å²) in [6.07, 6.45) is 1.64. The lowest BCUT2D eigenvalue weighted by Crippen LogP contribution is -2.30. The van der Waals surface area contributed by atoms with Crippen LogP contribution >= 0.6 is 11.8 Å². The van der Waals surface area contributed by atoms with Gasteiger partial charge >= 0.3 is 0 Å². The molecular formula is C13H14F2OS. The number of carbonyl (C=O) groups is 1. The molecule has 1 fully saturated rings. The second kappa shape index (κ2) is 4.77. The molecule has 1 aliphatic rings. The first-order valence-corrected chi connectivity index (χ1v) is 6.62. The normalized spacial score (nSPS) is 23.9. The van der Waals surface area contributed by atoms with E-state index in [2.05, 4.69) is 0 Å². The Morgan fingerprint density at radius 1 is 1.41 bits per heavy atom. The first-order chi connectivity index (χ1) is 8.03. The third-order valence-electron chi connectivity index (χ3n) is 3.21. The summed E-state index contributed by atoms with van der Waals surface area (Å²) >= 11 is 1.59. The molecular weight excluding hydrogens is 242 g/mol. The van der Waals surface area contributed by atoms with Crippen LogP contribution in [0, 0.1) is 11.6 Å². The van der Waals surface area contributed by atoms with Crippen LogP contribution in [0.25, 0.3) is 0 Å². The molecule has 4 heteroatoms. The van der Waals surface area contributed by atoms with Crippen molar-refractivity contribution in [2.75, 3.05) is 5.75 Å². The molecule has 1 aromatic rings. The molecule has 0 N–H and O–H groups in total. The molecule has 2 rings (SSSR count). The minimum absolute atomic E-state index is 0.0796. The largest absolute Gasteiger partial charge is 0.298 e. The van der Waals surface area contributed by atoms with Crippen molar-refractivity contribution in [2.24, 2.45) is 0 Å². The van der Waals surface area contributed by atoms with Gasteiger partial charge in [-0.25, -0.2) is 8.78 Å². The molecule has 1 heterocycles. The van der Waals surface area contributed by atoms with Crippen molar-refractivity contribution in [3.63, 3.8) is 0 Å². The molecule has 0 aliphatic carbocycles. The van der Waals surface area contributed by atoms with E-state index in [0.29, 0.717) is 0 Å². The Hall–Kier alpha value is -0.900. The number of hydrogen-bond acceptors (Lipinski definition) is 2. The second-order valence-corrected chi connectivity index (χ2v) is 6.08. The number of benzene rings is 1. The Kier molecular flexibility index (Phi) is 3.52. The van der Waals surface area contributed by atoms with E-state index < -0.39 is 16.4 Å². The molecule has 0 saturated carbocycles. The fourth-order valence-electron chi connectivity index (χ4n) is 2.05. The number of halogens is 2. The number of rotatable bonds is 3. The van der Waals surface area contributed by atoms with Gasteiger partial charge in [0.2, 0.25) is 0 Å². The van der Waals surface area contributed by atoms with Crippen LogP contribution in [0.1, 0.15) is 25.3 Å². The van der Waals surface area contributed by atoms with E-state index in [1.165, 1.54) is 18.2 Å².